The SMILES string of the molecule is CC1CCN(c2cccc(NC(=O)CC(C)C3CCNCC3)c2)CC1. The quantitative estimate of drug-likeness (QED) is 0.852. The van der Waals surface area contributed by atoms with Gasteiger partial charge in [-0.15, -0.1) is 0 Å². The van der Waals surface area contributed by atoms with Crippen LogP contribution in [0.2, 0.25) is 0 Å². The van der Waals surface area contributed by atoms with Crippen molar-refractivity contribution in [3.05, 3.63) is 24.3 Å². The van der Waals surface area contributed by atoms with Crippen molar-refractivity contribution in [1.29, 1.82) is 0 Å². The highest BCUT2D eigenvalue weighted by Crippen LogP contribution is 2.27. The minimum atomic E-state index is 0.149. The van der Waals surface area contributed by atoms with Gasteiger partial charge in [-0.25, -0.2) is 0 Å². The van der Waals surface area contributed by atoms with Crippen LogP contribution in [-0.4, -0.2) is 32.1 Å². The van der Waals surface area contributed by atoms with Gasteiger partial charge in [0.2, 0.25) is 5.91 Å². The molecule has 2 fully saturated rings. The summed E-state index contributed by atoms with van der Waals surface area (Å²) in [5.74, 6) is 2.11. The van der Waals surface area contributed by atoms with Gasteiger partial charge < -0.3 is 15.5 Å². The molecule has 2 heterocycles. The fourth-order valence-corrected chi connectivity index (χ4v) is 4.13. The van der Waals surface area contributed by atoms with E-state index < -0.39 is 0 Å². The Bertz CT molecular complexity index is 560. The first kappa shape index (κ1) is 18.2. The van der Waals surface area contributed by atoms with Crippen LogP contribution in [-0.2, 0) is 4.79 Å². The first-order valence-electron chi connectivity index (χ1n) is 9.97. The summed E-state index contributed by atoms with van der Waals surface area (Å²) in [6.45, 7) is 8.97. The van der Waals surface area contributed by atoms with Crippen LogP contribution in [0.5, 0.6) is 0 Å². The lowest BCUT2D eigenvalue weighted by atomic mass is 9.84. The summed E-state index contributed by atoms with van der Waals surface area (Å²) in [4.78, 5) is 14.9. The lowest BCUT2D eigenvalue weighted by molar-refractivity contribution is -0.117. The molecule has 4 nitrogen and oxygen atoms in total. The Labute approximate surface area is 152 Å². The Morgan fingerprint density at radius 1 is 1.24 bits per heavy atom. The van der Waals surface area contributed by atoms with E-state index in [0.29, 0.717) is 18.3 Å². The number of anilines is 2. The van der Waals surface area contributed by atoms with Crippen molar-refractivity contribution >= 4 is 17.3 Å². The third-order valence-electron chi connectivity index (χ3n) is 5.97. The Hall–Kier alpha value is -1.55. The second-order valence-corrected chi connectivity index (χ2v) is 8.04. The molecule has 0 bridgehead atoms. The van der Waals surface area contributed by atoms with Crippen molar-refractivity contribution in [2.45, 2.75) is 46.0 Å². The highest BCUT2D eigenvalue weighted by molar-refractivity contribution is 5.91. The van der Waals surface area contributed by atoms with Crippen molar-refractivity contribution in [3.63, 3.8) is 0 Å². The summed E-state index contributed by atoms with van der Waals surface area (Å²) < 4.78 is 0. The molecular formula is C21H33N3O. The van der Waals surface area contributed by atoms with Gasteiger partial charge in [-0.05, 0) is 74.7 Å². The molecule has 1 aromatic carbocycles. The van der Waals surface area contributed by atoms with Crippen LogP contribution in [0, 0.1) is 17.8 Å². The number of hydrogen-bond donors (Lipinski definition) is 2. The van der Waals surface area contributed by atoms with Crippen molar-refractivity contribution in [1.82, 2.24) is 5.32 Å². The van der Waals surface area contributed by atoms with E-state index in [-0.39, 0.29) is 5.91 Å². The molecule has 1 aromatic rings. The number of benzene rings is 1. The van der Waals surface area contributed by atoms with Crippen molar-refractivity contribution in [2.24, 2.45) is 17.8 Å². The lowest BCUT2D eigenvalue weighted by Gasteiger charge is -2.32. The Kier molecular flexibility index (Phi) is 6.35. The molecule has 0 aliphatic carbocycles. The standard InChI is InChI=1S/C21H33N3O/c1-16-8-12-24(13-9-16)20-5-3-4-19(15-20)23-21(25)14-17(2)18-6-10-22-11-7-18/h3-5,15-18,22H,6-14H2,1-2H3,(H,23,25). The number of nitrogens with zero attached hydrogens (tertiary/aromatic N) is 1. The zero-order valence-corrected chi connectivity index (χ0v) is 15.8. The number of nitrogens with one attached hydrogen (secondary N) is 2. The number of amides is 1. The van der Waals surface area contributed by atoms with E-state index in [0.717, 1.165) is 37.8 Å². The van der Waals surface area contributed by atoms with Crippen molar-refractivity contribution < 1.29 is 4.79 Å². The maximum atomic E-state index is 12.5. The van der Waals surface area contributed by atoms with Crippen LogP contribution in [0.15, 0.2) is 24.3 Å². The maximum absolute atomic E-state index is 12.5. The molecule has 25 heavy (non-hydrogen) atoms. The molecule has 0 saturated carbocycles. The largest absolute Gasteiger partial charge is 0.371 e. The first-order valence-corrected chi connectivity index (χ1v) is 9.97. The molecule has 3 rings (SSSR count). The fourth-order valence-electron chi connectivity index (χ4n) is 4.13. The van der Waals surface area contributed by atoms with Gasteiger partial charge in [0.15, 0.2) is 0 Å². The predicted octanol–water partition coefficient (Wildman–Crippen LogP) is 3.89. The smallest absolute Gasteiger partial charge is 0.224 e. The Morgan fingerprint density at radius 3 is 2.68 bits per heavy atom. The minimum Gasteiger partial charge on any atom is -0.371 e. The van der Waals surface area contributed by atoms with Gasteiger partial charge in [0.1, 0.15) is 0 Å². The second-order valence-electron chi connectivity index (χ2n) is 8.04. The molecule has 1 amide bonds. The van der Waals surface area contributed by atoms with Crippen LogP contribution >= 0.6 is 0 Å². The van der Waals surface area contributed by atoms with E-state index in [1.807, 2.05) is 6.07 Å². The molecule has 0 spiro atoms. The number of hydrogen-bond acceptors (Lipinski definition) is 3. The maximum Gasteiger partial charge on any atom is 0.224 e. The third-order valence-corrected chi connectivity index (χ3v) is 5.97. The minimum absolute atomic E-state index is 0.149. The second kappa shape index (κ2) is 8.70. The third kappa shape index (κ3) is 5.21. The van der Waals surface area contributed by atoms with Crippen LogP contribution in [0.25, 0.3) is 0 Å². The van der Waals surface area contributed by atoms with E-state index in [1.165, 1.54) is 31.4 Å². The van der Waals surface area contributed by atoms with Gasteiger partial charge in [-0.1, -0.05) is 19.9 Å². The molecule has 138 valence electrons. The van der Waals surface area contributed by atoms with Gasteiger partial charge in [0.25, 0.3) is 0 Å². The average molecular weight is 344 g/mol. The lowest BCUT2D eigenvalue weighted by Crippen LogP contribution is -2.33. The molecule has 4 heteroatoms. The van der Waals surface area contributed by atoms with Gasteiger partial charge in [0, 0.05) is 30.9 Å². The summed E-state index contributed by atoms with van der Waals surface area (Å²) in [6, 6.07) is 8.34. The summed E-state index contributed by atoms with van der Waals surface area (Å²) >= 11 is 0. The summed E-state index contributed by atoms with van der Waals surface area (Å²) in [7, 11) is 0. The molecule has 2 aliphatic heterocycles. The highest BCUT2D eigenvalue weighted by atomic mass is 16.1. The fraction of sp³-hybridized carbons (Fsp3) is 0.667. The molecule has 1 unspecified atom stereocenters. The van der Waals surface area contributed by atoms with E-state index >= 15 is 0 Å². The molecule has 0 radical (unpaired) electrons. The van der Waals surface area contributed by atoms with Crippen LogP contribution in [0.3, 0.4) is 0 Å². The van der Waals surface area contributed by atoms with Crippen molar-refractivity contribution in [2.75, 3.05) is 36.4 Å². The van der Waals surface area contributed by atoms with Gasteiger partial charge in [0.05, 0.1) is 0 Å². The molecular weight excluding hydrogens is 310 g/mol. The van der Waals surface area contributed by atoms with E-state index in [1.54, 1.807) is 0 Å². The molecule has 2 saturated heterocycles. The van der Waals surface area contributed by atoms with Gasteiger partial charge in [-0.2, -0.15) is 0 Å². The number of rotatable bonds is 5. The van der Waals surface area contributed by atoms with Crippen molar-refractivity contribution in [3.8, 4) is 0 Å². The van der Waals surface area contributed by atoms with E-state index in [4.69, 9.17) is 0 Å². The average Bonchev–Trinajstić information content (AvgIpc) is 2.63. The monoisotopic (exact) mass is 343 g/mol. The normalized spacial score (nSPS) is 21.1. The van der Waals surface area contributed by atoms with Crippen LogP contribution in [0.1, 0.15) is 46.0 Å². The van der Waals surface area contributed by atoms with E-state index in [9.17, 15) is 4.79 Å². The molecule has 0 aromatic heterocycles. The number of carbonyl (C=O) groups excluding carboxylic acids is 1. The van der Waals surface area contributed by atoms with Crippen LogP contribution in [0.4, 0.5) is 11.4 Å². The Balaban J connectivity index is 1.53. The number of piperidine rings is 2. The van der Waals surface area contributed by atoms with Crippen LogP contribution < -0.4 is 15.5 Å². The first-order chi connectivity index (χ1) is 12.1. The predicted molar refractivity (Wildman–Crippen MR) is 105 cm³/mol. The van der Waals surface area contributed by atoms with E-state index in [2.05, 4.69) is 47.6 Å². The van der Waals surface area contributed by atoms with Gasteiger partial charge in [-0.3, -0.25) is 4.79 Å². The summed E-state index contributed by atoms with van der Waals surface area (Å²) in [5, 5.41) is 6.52. The molecule has 2 N–H and O–H groups in total. The van der Waals surface area contributed by atoms with Gasteiger partial charge >= 0.3 is 0 Å². The summed E-state index contributed by atoms with van der Waals surface area (Å²) in [6.07, 6.45) is 5.51. The number of carbonyl (C=O) groups is 1. The Morgan fingerprint density at radius 2 is 1.96 bits per heavy atom. The highest BCUT2D eigenvalue weighted by Gasteiger charge is 2.22. The zero-order chi connectivity index (χ0) is 17.6. The topological polar surface area (TPSA) is 44.4 Å². The zero-order valence-electron chi connectivity index (χ0n) is 15.8. The molecule has 2 aliphatic rings. The summed E-state index contributed by atoms with van der Waals surface area (Å²) in [5.41, 5.74) is 2.16. The molecule has 1 atom stereocenters.